The minimum Gasteiger partial charge on any atom is -0.360 e. The highest BCUT2D eigenvalue weighted by Gasteiger charge is 2.21. The SMILES string of the molecule is CCC(Sc1nc2ccccc2[nH]1)C(=O)Nc1ccc(S(=O)(=O)Nc2cc(C)on2)cc1. The maximum Gasteiger partial charge on any atom is 0.263 e. The lowest BCUT2D eigenvalue weighted by atomic mass is 10.3. The number of sulfonamides is 1. The molecule has 0 saturated heterocycles. The molecule has 1 atom stereocenters. The van der Waals surface area contributed by atoms with Crippen LogP contribution in [0.3, 0.4) is 0 Å². The van der Waals surface area contributed by atoms with Crippen molar-refractivity contribution in [3.05, 3.63) is 60.4 Å². The number of benzene rings is 2. The van der Waals surface area contributed by atoms with Gasteiger partial charge in [0.15, 0.2) is 11.0 Å². The number of fused-ring (bicyclic) bond motifs is 1. The Labute approximate surface area is 189 Å². The van der Waals surface area contributed by atoms with Gasteiger partial charge in [-0.3, -0.25) is 9.52 Å². The Balaban J connectivity index is 1.41. The second kappa shape index (κ2) is 9.05. The van der Waals surface area contributed by atoms with Crippen LogP contribution in [0.1, 0.15) is 19.1 Å². The highest BCUT2D eigenvalue weighted by molar-refractivity contribution is 8.00. The maximum atomic E-state index is 12.8. The van der Waals surface area contributed by atoms with Crippen molar-refractivity contribution in [1.29, 1.82) is 0 Å². The van der Waals surface area contributed by atoms with Crippen LogP contribution in [0.4, 0.5) is 11.5 Å². The smallest absolute Gasteiger partial charge is 0.263 e. The number of amides is 1. The summed E-state index contributed by atoms with van der Waals surface area (Å²) in [4.78, 5) is 20.5. The first kappa shape index (κ1) is 21.9. The Bertz CT molecular complexity index is 1310. The van der Waals surface area contributed by atoms with E-state index in [9.17, 15) is 13.2 Å². The third kappa shape index (κ3) is 4.94. The van der Waals surface area contributed by atoms with Crippen molar-refractivity contribution in [3.63, 3.8) is 0 Å². The zero-order valence-corrected chi connectivity index (χ0v) is 19.0. The molecule has 0 aliphatic heterocycles. The fourth-order valence-corrected chi connectivity index (χ4v) is 4.90. The molecule has 1 amide bonds. The van der Waals surface area contributed by atoms with Gasteiger partial charge in [0.05, 0.1) is 21.2 Å². The van der Waals surface area contributed by atoms with E-state index < -0.39 is 10.0 Å². The second-order valence-electron chi connectivity index (χ2n) is 7.02. The van der Waals surface area contributed by atoms with Crippen LogP contribution >= 0.6 is 11.8 Å². The monoisotopic (exact) mass is 471 g/mol. The number of nitrogens with one attached hydrogen (secondary N) is 3. The number of hydrogen-bond acceptors (Lipinski definition) is 7. The molecule has 1 unspecified atom stereocenters. The van der Waals surface area contributed by atoms with E-state index in [0.717, 1.165) is 11.0 Å². The molecule has 4 rings (SSSR count). The van der Waals surface area contributed by atoms with Crippen LogP contribution in [0.5, 0.6) is 0 Å². The van der Waals surface area contributed by atoms with E-state index >= 15 is 0 Å². The topological polar surface area (TPSA) is 130 Å². The molecule has 9 nitrogen and oxygen atoms in total. The molecule has 2 heterocycles. The first-order chi connectivity index (χ1) is 15.3. The number of H-pyrrole nitrogens is 1. The minimum atomic E-state index is -3.82. The third-order valence-corrected chi connectivity index (χ3v) is 7.20. The highest BCUT2D eigenvalue weighted by Crippen LogP contribution is 2.26. The molecule has 0 radical (unpaired) electrons. The van der Waals surface area contributed by atoms with Gasteiger partial charge in [0.25, 0.3) is 10.0 Å². The van der Waals surface area contributed by atoms with Crippen molar-refractivity contribution < 1.29 is 17.7 Å². The van der Waals surface area contributed by atoms with Crippen molar-refractivity contribution in [2.75, 3.05) is 10.0 Å². The van der Waals surface area contributed by atoms with E-state index in [0.29, 0.717) is 23.0 Å². The zero-order valence-electron chi connectivity index (χ0n) is 17.3. The number of imidazole rings is 1. The van der Waals surface area contributed by atoms with Crippen LogP contribution in [0.2, 0.25) is 0 Å². The molecule has 32 heavy (non-hydrogen) atoms. The second-order valence-corrected chi connectivity index (χ2v) is 9.89. The number of aromatic amines is 1. The summed E-state index contributed by atoms with van der Waals surface area (Å²) >= 11 is 1.35. The summed E-state index contributed by atoms with van der Waals surface area (Å²) in [7, 11) is -3.82. The molecule has 0 bridgehead atoms. The van der Waals surface area contributed by atoms with Crippen LogP contribution in [0.15, 0.2) is 69.2 Å². The van der Waals surface area contributed by atoms with Crippen LogP contribution in [0.25, 0.3) is 11.0 Å². The average molecular weight is 472 g/mol. The maximum absolute atomic E-state index is 12.8. The predicted molar refractivity (Wildman–Crippen MR) is 123 cm³/mol. The van der Waals surface area contributed by atoms with Crippen LogP contribution in [-0.2, 0) is 14.8 Å². The van der Waals surface area contributed by atoms with Crippen molar-refractivity contribution >= 4 is 50.2 Å². The van der Waals surface area contributed by atoms with Crippen molar-refractivity contribution in [1.82, 2.24) is 15.1 Å². The molecule has 166 valence electrons. The highest BCUT2D eigenvalue weighted by atomic mass is 32.2. The lowest BCUT2D eigenvalue weighted by Gasteiger charge is -2.13. The minimum absolute atomic E-state index is 0.0415. The number of thioether (sulfide) groups is 1. The molecule has 11 heteroatoms. The fourth-order valence-electron chi connectivity index (χ4n) is 2.99. The lowest BCUT2D eigenvalue weighted by molar-refractivity contribution is -0.115. The molecular weight excluding hydrogens is 450 g/mol. The Morgan fingerprint density at radius 1 is 1.19 bits per heavy atom. The van der Waals surface area contributed by atoms with E-state index in [2.05, 4.69) is 25.2 Å². The summed E-state index contributed by atoms with van der Waals surface area (Å²) in [6.45, 7) is 3.59. The van der Waals surface area contributed by atoms with Crippen LogP contribution in [0, 0.1) is 6.92 Å². The molecule has 0 aliphatic rings. The number of carbonyl (C=O) groups excluding carboxylic acids is 1. The molecule has 2 aromatic carbocycles. The summed E-state index contributed by atoms with van der Waals surface area (Å²) in [6, 6.07) is 15.1. The van der Waals surface area contributed by atoms with Crippen LogP contribution < -0.4 is 10.0 Å². The third-order valence-electron chi connectivity index (χ3n) is 4.58. The molecule has 0 fully saturated rings. The Morgan fingerprint density at radius 3 is 2.59 bits per heavy atom. The number of carbonyl (C=O) groups is 1. The first-order valence-electron chi connectivity index (χ1n) is 9.82. The molecule has 3 N–H and O–H groups in total. The van der Waals surface area contributed by atoms with E-state index in [4.69, 9.17) is 4.52 Å². The standard InChI is InChI=1S/C21H21N5O4S2/c1-3-18(31-21-23-16-6-4-5-7-17(16)24-21)20(27)22-14-8-10-15(11-9-14)32(28,29)26-19-12-13(2)30-25-19/h4-12,18H,3H2,1-2H3,(H,22,27)(H,23,24)(H,25,26). The number of anilines is 2. The summed E-state index contributed by atoms with van der Waals surface area (Å²) in [5.74, 6) is 0.407. The van der Waals surface area contributed by atoms with E-state index in [1.165, 1.54) is 30.0 Å². The van der Waals surface area contributed by atoms with Gasteiger partial charge in [-0.25, -0.2) is 13.4 Å². The Kier molecular flexibility index (Phi) is 6.19. The molecule has 0 spiro atoms. The van der Waals surface area contributed by atoms with Gasteiger partial charge in [0.2, 0.25) is 5.91 Å². The molecule has 2 aromatic heterocycles. The Morgan fingerprint density at radius 2 is 1.94 bits per heavy atom. The van der Waals surface area contributed by atoms with Gasteiger partial charge in [-0.2, -0.15) is 0 Å². The molecule has 0 saturated carbocycles. The quantitative estimate of drug-likeness (QED) is 0.329. The number of aryl methyl sites for hydroxylation is 1. The van der Waals surface area contributed by atoms with E-state index in [1.54, 1.807) is 19.1 Å². The zero-order chi connectivity index (χ0) is 22.7. The van der Waals surface area contributed by atoms with Crippen LogP contribution in [-0.4, -0.2) is 34.7 Å². The summed E-state index contributed by atoms with van der Waals surface area (Å²) in [5, 5.41) is 6.77. The molecule has 4 aromatic rings. The summed E-state index contributed by atoms with van der Waals surface area (Å²) in [5.41, 5.74) is 2.25. The van der Waals surface area contributed by atoms with Crippen molar-refractivity contribution in [3.8, 4) is 0 Å². The normalized spacial score (nSPS) is 12.6. The van der Waals surface area contributed by atoms with Gasteiger partial charge in [0, 0.05) is 11.8 Å². The van der Waals surface area contributed by atoms with Gasteiger partial charge in [-0.15, -0.1) is 0 Å². The Hall–Kier alpha value is -3.31. The number of nitrogens with zero attached hydrogens (tertiary/aromatic N) is 2. The van der Waals surface area contributed by atoms with Gasteiger partial charge in [-0.1, -0.05) is 36.0 Å². The van der Waals surface area contributed by atoms with E-state index in [1.807, 2.05) is 31.2 Å². The molecule has 0 aliphatic carbocycles. The van der Waals surface area contributed by atoms with Gasteiger partial charge in [0.1, 0.15) is 5.76 Å². The van der Waals surface area contributed by atoms with Gasteiger partial charge < -0.3 is 14.8 Å². The number of rotatable bonds is 8. The number of hydrogen-bond donors (Lipinski definition) is 3. The van der Waals surface area contributed by atoms with Gasteiger partial charge >= 0.3 is 0 Å². The average Bonchev–Trinajstić information content (AvgIpc) is 3.37. The number of aromatic nitrogens is 3. The molecular formula is C21H21N5O4S2. The lowest BCUT2D eigenvalue weighted by Crippen LogP contribution is -2.24. The first-order valence-corrected chi connectivity index (χ1v) is 12.2. The largest absolute Gasteiger partial charge is 0.360 e. The van der Waals surface area contributed by atoms with Crippen molar-refractivity contribution in [2.24, 2.45) is 0 Å². The van der Waals surface area contributed by atoms with Crippen molar-refractivity contribution in [2.45, 2.75) is 35.6 Å². The van der Waals surface area contributed by atoms with E-state index in [-0.39, 0.29) is 21.9 Å². The fraction of sp³-hybridized carbons (Fsp3) is 0.190. The predicted octanol–water partition coefficient (Wildman–Crippen LogP) is 4.17. The number of para-hydroxylation sites is 2. The summed E-state index contributed by atoms with van der Waals surface area (Å²) in [6.07, 6.45) is 0.598. The van der Waals surface area contributed by atoms with Gasteiger partial charge in [-0.05, 0) is 49.7 Å². The summed E-state index contributed by atoms with van der Waals surface area (Å²) < 4.78 is 32.2.